The number of nitrogens with zero attached hydrogens (tertiary/aromatic N) is 3. The van der Waals surface area contributed by atoms with Crippen molar-refractivity contribution in [1.82, 2.24) is 13.8 Å². The van der Waals surface area contributed by atoms with E-state index in [-0.39, 0.29) is 23.7 Å². The number of ether oxygens (including phenoxy) is 2. The first-order valence-electron chi connectivity index (χ1n) is 19.8. The van der Waals surface area contributed by atoms with Crippen molar-refractivity contribution in [1.29, 1.82) is 0 Å². The number of carbonyl (C=O) groups excluding carboxylic acids is 1. The predicted octanol–water partition coefficient (Wildman–Crippen LogP) is 10.8. The predicted molar refractivity (Wildman–Crippen MR) is 239 cm³/mol. The lowest BCUT2D eigenvalue weighted by Crippen LogP contribution is -2.40. The van der Waals surface area contributed by atoms with E-state index < -0.39 is 53.1 Å². The molecule has 0 fully saturated rings. The maximum Gasteiger partial charge on any atom is 0.308 e. The molecule has 2 heterocycles. The normalized spacial score (nSPS) is 17.6. The fraction of sp³-hybridized carbons (Fsp3) is 0.348. The smallest absolute Gasteiger partial charge is 0.308 e. The molecule has 1 aliphatic rings. The molecule has 10 nitrogen and oxygen atoms in total. The van der Waals surface area contributed by atoms with Gasteiger partial charge in [-0.3, -0.25) is 9.48 Å². The van der Waals surface area contributed by atoms with E-state index in [2.05, 4.69) is 22.5 Å². The Labute approximate surface area is 365 Å². The van der Waals surface area contributed by atoms with Crippen molar-refractivity contribution in [3.05, 3.63) is 137 Å². The molecule has 5 aromatic rings. The molecule has 324 valence electrons. The molecule has 0 radical (unpaired) electrons. The van der Waals surface area contributed by atoms with Crippen LogP contribution in [-0.2, 0) is 41.4 Å². The highest BCUT2D eigenvalue weighted by Crippen LogP contribution is 2.42. The summed E-state index contributed by atoms with van der Waals surface area (Å²) in [6, 6.07) is 20.4. The van der Waals surface area contributed by atoms with Gasteiger partial charge in [0, 0.05) is 33.2 Å². The molecule has 0 N–H and O–H groups in total. The fourth-order valence-corrected chi connectivity index (χ4v) is 11.4. The van der Waals surface area contributed by atoms with Crippen molar-refractivity contribution in [2.24, 2.45) is 11.3 Å². The third-order valence-corrected chi connectivity index (χ3v) is 16.1. The molecular weight excluding hydrogens is 889 g/mol. The third-order valence-electron chi connectivity index (χ3n) is 11.5. The quantitative estimate of drug-likeness (QED) is 0.0844. The first-order chi connectivity index (χ1) is 28.6. The van der Waals surface area contributed by atoms with Crippen molar-refractivity contribution in [2.75, 3.05) is 12.9 Å². The van der Waals surface area contributed by atoms with Crippen LogP contribution in [-0.4, -0.2) is 54.2 Å². The zero-order valence-corrected chi connectivity index (χ0v) is 38.2. The molecule has 0 aliphatic heterocycles. The topological polar surface area (TPSA) is 127 Å². The summed E-state index contributed by atoms with van der Waals surface area (Å²) >= 11 is 3.22. The van der Waals surface area contributed by atoms with Crippen LogP contribution in [0.2, 0.25) is 0 Å². The highest BCUT2D eigenvalue weighted by Gasteiger charge is 2.46. The number of esters is 1. The van der Waals surface area contributed by atoms with Crippen LogP contribution in [0.1, 0.15) is 71.4 Å². The van der Waals surface area contributed by atoms with E-state index in [9.17, 15) is 21.6 Å². The molecule has 3 atom stereocenters. The summed E-state index contributed by atoms with van der Waals surface area (Å²) in [6.07, 6.45) is 7.82. The minimum atomic E-state index is -4.22. The number of hydrogen-bond donors (Lipinski definition) is 0. The summed E-state index contributed by atoms with van der Waals surface area (Å²) in [4.78, 5) is 12.3. The average Bonchev–Trinajstić information content (AvgIpc) is 3.88. The lowest BCUT2D eigenvalue weighted by Gasteiger charge is -2.34. The van der Waals surface area contributed by atoms with Crippen LogP contribution in [0.3, 0.4) is 0 Å². The minimum Gasteiger partial charge on any atom is -0.469 e. The van der Waals surface area contributed by atoms with Gasteiger partial charge in [-0.05, 0) is 111 Å². The Bertz CT molecular complexity index is 2780. The molecule has 1 aliphatic carbocycles. The Hall–Kier alpha value is -4.86. The summed E-state index contributed by atoms with van der Waals surface area (Å²) in [5.41, 5.74) is 1.34. The van der Waals surface area contributed by atoms with Gasteiger partial charge < -0.3 is 9.47 Å². The largest absolute Gasteiger partial charge is 0.469 e. The maximum absolute atomic E-state index is 16.0. The number of hydrogen-bond acceptors (Lipinski definition) is 8. The molecule has 2 unspecified atom stereocenters. The van der Waals surface area contributed by atoms with E-state index in [0.29, 0.717) is 58.3 Å². The molecule has 0 amide bonds. The number of aromatic nitrogens is 3. The molecule has 0 saturated carbocycles. The summed E-state index contributed by atoms with van der Waals surface area (Å²) in [5, 5.41) is 6.28. The van der Waals surface area contributed by atoms with E-state index in [1.165, 1.54) is 38.4 Å². The number of benzene rings is 3. The Balaban J connectivity index is 1.33. The summed E-state index contributed by atoms with van der Waals surface area (Å²) in [6.45, 7) is 12.4. The molecule has 2 aromatic heterocycles. The number of sulfone groups is 1. The molecule has 6 rings (SSSR count). The number of rotatable bonds is 17. The van der Waals surface area contributed by atoms with Gasteiger partial charge in [-0.2, -0.15) is 5.10 Å². The monoisotopic (exact) mass is 937 g/mol. The van der Waals surface area contributed by atoms with Crippen LogP contribution in [0.25, 0.3) is 22.2 Å². The molecule has 61 heavy (non-hydrogen) atoms. The van der Waals surface area contributed by atoms with Gasteiger partial charge in [0.1, 0.15) is 27.9 Å². The molecule has 3 aromatic carbocycles. The molecule has 0 bridgehead atoms. The fourth-order valence-electron chi connectivity index (χ4n) is 7.97. The van der Waals surface area contributed by atoms with Crippen molar-refractivity contribution < 1.29 is 39.9 Å². The van der Waals surface area contributed by atoms with Crippen molar-refractivity contribution in [3.8, 4) is 22.8 Å². The van der Waals surface area contributed by atoms with Crippen LogP contribution in [0.15, 0.2) is 120 Å². The van der Waals surface area contributed by atoms with Crippen LogP contribution in [0.5, 0.6) is 11.5 Å². The lowest BCUT2D eigenvalue weighted by atomic mass is 9.81. The maximum atomic E-state index is 16.0. The molecular formula is C46H50BrF2N3O7S2. The van der Waals surface area contributed by atoms with Crippen LogP contribution < -0.4 is 4.74 Å². The number of halogens is 3. The number of carbonyl (C=O) groups is 1. The van der Waals surface area contributed by atoms with E-state index in [0.717, 1.165) is 20.5 Å². The summed E-state index contributed by atoms with van der Waals surface area (Å²) < 4.78 is 96.6. The SMILES string of the molecule is C=CS(=O)(=O)CC(C)(C)CCCC(C)(c1cccc(C[C@@H](C)C(=O)OC)c1)n1nccc1-c1cc(Oc2ccc3c(ccn3S(=O)(=O)C3(C)CC=C(Br)C=C3F)c2)ccc1F. The minimum absolute atomic E-state index is 0.0481. The summed E-state index contributed by atoms with van der Waals surface area (Å²) in [5.74, 6) is -1.40. The van der Waals surface area contributed by atoms with Crippen molar-refractivity contribution >= 4 is 52.7 Å². The zero-order valence-electron chi connectivity index (χ0n) is 35.0. The van der Waals surface area contributed by atoms with E-state index >= 15 is 8.78 Å². The van der Waals surface area contributed by atoms with Crippen molar-refractivity contribution in [2.45, 2.75) is 77.0 Å². The Kier molecular flexibility index (Phi) is 13.1. The van der Waals surface area contributed by atoms with Crippen LogP contribution >= 0.6 is 15.9 Å². The standard InChI is InChI=1S/C46H50BrF2N3O7S2/c1-8-60(54,55)30-44(3,4)20-10-21-45(5,34-12-9-11-32(26-34)25-31(2)43(53)58-7)52-41(18-23-50-52)38-29-37(13-15-39(38)48)59-36-14-16-40-33(27-36)19-24-51(40)61(56,57)46(6)22-17-35(47)28-42(46)49/h8-9,11-19,23-24,26-29,31H,1,10,20-22,25,30H2,2-7H3/t31-,45?,46?/m1/s1. The second-order valence-electron chi connectivity index (χ2n) is 16.8. The summed E-state index contributed by atoms with van der Waals surface area (Å²) in [7, 11) is -6.32. The second-order valence-corrected chi connectivity index (χ2v) is 21.9. The average molecular weight is 939 g/mol. The third kappa shape index (κ3) is 9.48. The highest BCUT2D eigenvalue weighted by molar-refractivity contribution is 9.11. The molecule has 15 heteroatoms. The van der Waals surface area contributed by atoms with Gasteiger partial charge in [0.15, 0.2) is 9.84 Å². The van der Waals surface area contributed by atoms with Gasteiger partial charge in [0.05, 0.1) is 35.5 Å². The highest BCUT2D eigenvalue weighted by atomic mass is 79.9. The van der Waals surface area contributed by atoms with E-state index in [4.69, 9.17) is 14.6 Å². The van der Waals surface area contributed by atoms with Gasteiger partial charge in [-0.25, -0.2) is 29.6 Å². The molecule has 0 spiro atoms. The van der Waals surface area contributed by atoms with E-state index in [1.807, 2.05) is 45.0 Å². The van der Waals surface area contributed by atoms with Crippen LogP contribution in [0.4, 0.5) is 8.78 Å². The van der Waals surface area contributed by atoms with Crippen LogP contribution in [0, 0.1) is 17.2 Å². The number of allylic oxidation sites excluding steroid dienone is 3. The van der Waals surface area contributed by atoms with Gasteiger partial charge in [0.2, 0.25) is 0 Å². The van der Waals surface area contributed by atoms with Gasteiger partial charge in [-0.15, -0.1) is 0 Å². The van der Waals surface area contributed by atoms with Crippen molar-refractivity contribution in [3.63, 3.8) is 0 Å². The Morgan fingerprint density at radius 3 is 2.44 bits per heavy atom. The number of fused-ring (bicyclic) bond motifs is 1. The van der Waals surface area contributed by atoms with Gasteiger partial charge >= 0.3 is 5.97 Å². The van der Waals surface area contributed by atoms with Gasteiger partial charge in [-0.1, -0.05) is 80.0 Å². The first kappa shape index (κ1) is 45.7. The Morgan fingerprint density at radius 2 is 1.74 bits per heavy atom. The second kappa shape index (κ2) is 17.5. The first-order valence-corrected chi connectivity index (χ1v) is 23.7. The van der Waals surface area contributed by atoms with Gasteiger partial charge in [0.25, 0.3) is 10.0 Å². The Morgan fingerprint density at radius 1 is 1.02 bits per heavy atom. The lowest BCUT2D eigenvalue weighted by molar-refractivity contribution is -0.144. The zero-order chi connectivity index (χ0) is 44.5. The molecule has 0 saturated heterocycles. The van der Waals surface area contributed by atoms with E-state index in [1.54, 1.807) is 60.3 Å². The number of methoxy groups -OCH3 is 1.